The van der Waals surface area contributed by atoms with Gasteiger partial charge in [0.25, 0.3) is 0 Å². The van der Waals surface area contributed by atoms with E-state index in [1.165, 1.54) is 6.92 Å². The van der Waals surface area contributed by atoms with Gasteiger partial charge >= 0.3 is 6.03 Å². The van der Waals surface area contributed by atoms with Crippen LogP contribution < -0.4 is 10.6 Å². The Morgan fingerprint density at radius 3 is 2.79 bits per heavy atom. The summed E-state index contributed by atoms with van der Waals surface area (Å²) in [5, 5.41) is 4.03. The molecule has 2 unspecified atom stereocenters. The van der Waals surface area contributed by atoms with Crippen LogP contribution in [0.5, 0.6) is 0 Å². The molecule has 80 valence electrons. The van der Waals surface area contributed by atoms with E-state index in [1.54, 1.807) is 0 Å². The Hall–Kier alpha value is -0.810. The van der Waals surface area contributed by atoms with Gasteiger partial charge in [0.15, 0.2) is 0 Å². The molecule has 0 aromatic rings. The second-order valence-corrected chi connectivity index (χ2v) is 3.79. The number of ether oxygens (including phenoxy) is 1. The molecule has 1 aliphatic heterocycles. The van der Waals surface area contributed by atoms with Gasteiger partial charge in [-0.2, -0.15) is 0 Å². The molecule has 0 aromatic carbocycles. The van der Waals surface area contributed by atoms with Crippen molar-refractivity contribution in [1.29, 1.82) is 0 Å². The van der Waals surface area contributed by atoms with Crippen molar-refractivity contribution in [1.82, 2.24) is 10.6 Å². The summed E-state index contributed by atoms with van der Waals surface area (Å²) in [6.45, 7) is 2.64. The van der Waals surface area contributed by atoms with E-state index in [0.717, 1.165) is 6.42 Å². The van der Waals surface area contributed by atoms with Crippen molar-refractivity contribution >= 4 is 23.5 Å². The van der Waals surface area contributed by atoms with Crippen LogP contribution in [0.1, 0.15) is 13.3 Å². The zero-order valence-electron chi connectivity index (χ0n) is 7.88. The molecule has 0 saturated carbocycles. The van der Waals surface area contributed by atoms with Gasteiger partial charge in [0.05, 0.1) is 12.6 Å². The van der Waals surface area contributed by atoms with Crippen molar-refractivity contribution in [2.24, 2.45) is 0 Å². The molecule has 2 N–H and O–H groups in total. The van der Waals surface area contributed by atoms with Crippen LogP contribution in [-0.2, 0) is 9.53 Å². The molecule has 0 aromatic heterocycles. The van der Waals surface area contributed by atoms with E-state index in [0.29, 0.717) is 13.2 Å². The maximum Gasteiger partial charge on any atom is 0.321 e. The second-order valence-electron chi connectivity index (χ2n) is 3.14. The number of urea groups is 1. The fourth-order valence-electron chi connectivity index (χ4n) is 1.08. The van der Waals surface area contributed by atoms with Gasteiger partial charge in [0.2, 0.25) is 5.91 Å². The van der Waals surface area contributed by atoms with Crippen molar-refractivity contribution in [3.63, 3.8) is 0 Å². The molecule has 0 radical (unpaired) electrons. The molecule has 1 heterocycles. The van der Waals surface area contributed by atoms with E-state index in [1.807, 2.05) is 0 Å². The number of nitrogens with one attached hydrogen (secondary N) is 2. The van der Waals surface area contributed by atoms with Crippen LogP contribution >= 0.6 is 11.6 Å². The van der Waals surface area contributed by atoms with Gasteiger partial charge in [-0.3, -0.25) is 10.1 Å². The Morgan fingerprint density at radius 1 is 1.57 bits per heavy atom. The van der Waals surface area contributed by atoms with Crippen molar-refractivity contribution < 1.29 is 14.3 Å². The van der Waals surface area contributed by atoms with Gasteiger partial charge in [-0.15, -0.1) is 11.6 Å². The molecular weight excluding hydrogens is 208 g/mol. The van der Waals surface area contributed by atoms with Gasteiger partial charge in [-0.25, -0.2) is 4.79 Å². The predicted octanol–water partition coefficient (Wildman–Crippen LogP) is 0.228. The summed E-state index contributed by atoms with van der Waals surface area (Å²) in [5.41, 5.74) is 0. The fourth-order valence-corrected chi connectivity index (χ4v) is 1.14. The average molecular weight is 221 g/mol. The first-order valence-electron chi connectivity index (χ1n) is 4.43. The highest BCUT2D eigenvalue weighted by Crippen LogP contribution is 2.02. The van der Waals surface area contributed by atoms with Crippen LogP contribution in [0.3, 0.4) is 0 Å². The average Bonchev–Trinajstić information content (AvgIpc) is 2.56. The summed E-state index contributed by atoms with van der Waals surface area (Å²) in [6, 6.07) is -0.522. The molecule has 0 spiro atoms. The van der Waals surface area contributed by atoms with Crippen molar-refractivity contribution in [3.8, 4) is 0 Å². The summed E-state index contributed by atoms with van der Waals surface area (Å²) in [4.78, 5) is 22.1. The van der Waals surface area contributed by atoms with E-state index in [-0.39, 0.29) is 6.04 Å². The number of hydrogen-bond acceptors (Lipinski definition) is 3. The zero-order valence-corrected chi connectivity index (χ0v) is 8.63. The number of rotatable bonds is 2. The summed E-state index contributed by atoms with van der Waals surface area (Å²) >= 11 is 5.47. The molecule has 0 bridgehead atoms. The van der Waals surface area contributed by atoms with Crippen LogP contribution in [0.4, 0.5) is 4.79 Å². The largest absolute Gasteiger partial charge is 0.379 e. The van der Waals surface area contributed by atoms with E-state index in [2.05, 4.69) is 10.6 Å². The van der Waals surface area contributed by atoms with Crippen LogP contribution in [0.25, 0.3) is 0 Å². The summed E-state index contributed by atoms with van der Waals surface area (Å²) in [7, 11) is 0. The molecule has 1 saturated heterocycles. The topological polar surface area (TPSA) is 67.4 Å². The summed E-state index contributed by atoms with van der Waals surface area (Å²) < 4.78 is 5.06. The van der Waals surface area contributed by atoms with Gasteiger partial charge in [0.1, 0.15) is 5.38 Å². The van der Waals surface area contributed by atoms with Crippen molar-refractivity contribution in [2.75, 3.05) is 13.2 Å². The number of imide groups is 1. The van der Waals surface area contributed by atoms with E-state index in [4.69, 9.17) is 16.3 Å². The summed E-state index contributed by atoms with van der Waals surface area (Å²) in [6.07, 6.45) is 0.776. The zero-order chi connectivity index (χ0) is 10.6. The van der Waals surface area contributed by atoms with Crippen LogP contribution in [0, 0.1) is 0 Å². The van der Waals surface area contributed by atoms with Gasteiger partial charge in [-0.05, 0) is 13.3 Å². The Kier molecular flexibility index (Phi) is 4.16. The normalized spacial score (nSPS) is 22.9. The lowest BCUT2D eigenvalue weighted by Gasteiger charge is -2.11. The van der Waals surface area contributed by atoms with Gasteiger partial charge in [0, 0.05) is 6.61 Å². The van der Waals surface area contributed by atoms with E-state index >= 15 is 0 Å². The number of alkyl halides is 1. The Balaban J connectivity index is 2.24. The molecule has 14 heavy (non-hydrogen) atoms. The number of halogens is 1. The molecule has 1 aliphatic rings. The Labute approximate surface area is 87.1 Å². The third kappa shape index (κ3) is 3.51. The third-order valence-corrected chi connectivity index (χ3v) is 2.06. The number of carbonyl (C=O) groups excluding carboxylic acids is 2. The second kappa shape index (κ2) is 5.17. The molecule has 5 nitrogen and oxygen atoms in total. The van der Waals surface area contributed by atoms with Gasteiger partial charge in [-0.1, -0.05) is 0 Å². The first-order chi connectivity index (χ1) is 6.59. The minimum atomic E-state index is -0.708. The Bertz CT molecular complexity index is 227. The highest BCUT2D eigenvalue weighted by atomic mass is 35.5. The van der Waals surface area contributed by atoms with E-state index < -0.39 is 17.3 Å². The van der Waals surface area contributed by atoms with E-state index in [9.17, 15) is 9.59 Å². The third-order valence-electron chi connectivity index (χ3n) is 1.86. The van der Waals surface area contributed by atoms with Gasteiger partial charge < -0.3 is 10.1 Å². The Morgan fingerprint density at radius 2 is 2.29 bits per heavy atom. The first-order valence-corrected chi connectivity index (χ1v) is 4.86. The lowest BCUT2D eigenvalue weighted by molar-refractivity contribution is -0.119. The van der Waals surface area contributed by atoms with Crippen LogP contribution in [-0.4, -0.2) is 36.6 Å². The number of carbonyl (C=O) groups is 2. The first kappa shape index (κ1) is 11.3. The lowest BCUT2D eigenvalue weighted by atomic mass is 10.3. The minimum absolute atomic E-state index is 0.00608. The lowest BCUT2D eigenvalue weighted by Crippen LogP contribution is -2.46. The highest BCUT2D eigenvalue weighted by molar-refractivity contribution is 6.31. The predicted molar refractivity (Wildman–Crippen MR) is 51.2 cm³/mol. The summed E-state index contributed by atoms with van der Waals surface area (Å²) in [5.74, 6) is -0.497. The standard InChI is InChI=1S/C8H13ClN2O3/c1-5(9)7(12)11-8(13)10-6-2-3-14-4-6/h5-6H,2-4H2,1H3,(H2,10,11,12,13). The molecule has 6 heteroatoms. The highest BCUT2D eigenvalue weighted by Gasteiger charge is 2.19. The maximum atomic E-state index is 11.2. The maximum absolute atomic E-state index is 11.2. The quantitative estimate of drug-likeness (QED) is 0.655. The molecule has 1 rings (SSSR count). The van der Waals surface area contributed by atoms with Crippen LogP contribution in [0.2, 0.25) is 0 Å². The molecule has 3 amide bonds. The fraction of sp³-hybridized carbons (Fsp3) is 0.750. The monoisotopic (exact) mass is 220 g/mol. The van der Waals surface area contributed by atoms with Crippen molar-refractivity contribution in [3.05, 3.63) is 0 Å². The molecular formula is C8H13ClN2O3. The van der Waals surface area contributed by atoms with Crippen molar-refractivity contribution in [2.45, 2.75) is 24.8 Å². The molecule has 2 atom stereocenters. The van der Waals surface area contributed by atoms with Crippen LogP contribution in [0.15, 0.2) is 0 Å². The molecule has 1 fully saturated rings. The number of hydrogen-bond donors (Lipinski definition) is 2. The SMILES string of the molecule is CC(Cl)C(=O)NC(=O)NC1CCOC1. The molecule has 0 aliphatic carbocycles. The minimum Gasteiger partial charge on any atom is -0.379 e. The number of amides is 3. The smallest absolute Gasteiger partial charge is 0.321 e.